The Morgan fingerprint density at radius 1 is 1.24 bits per heavy atom. The summed E-state index contributed by atoms with van der Waals surface area (Å²) in [7, 11) is 1.52. The van der Waals surface area contributed by atoms with Gasteiger partial charge in [-0.25, -0.2) is 9.88 Å². The molecule has 38 heavy (non-hydrogen) atoms. The summed E-state index contributed by atoms with van der Waals surface area (Å²) < 4.78 is 29.0. The summed E-state index contributed by atoms with van der Waals surface area (Å²) in [6.07, 6.45) is -3.22. The molecule has 3 rings (SSSR count). The SMILES string of the molecule is COc1ccc(OP(=S)(NC(C)C(=O)OC(C)C)OCC2OC(n3ccc(=O)[nH]c3=O)C(C)(O)C2O)cc1. The second-order valence-electron chi connectivity index (χ2n) is 9.11. The van der Waals surface area contributed by atoms with Crippen molar-refractivity contribution >= 4 is 24.4 Å². The normalized spacial score (nSPS) is 25.5. The number of methoxy groups -OCH3 is 1. The molecule has 0 bridgehead atoms. The standard InChI is InChI=1S/C23H32N3O10PS/c1-13(2)34-20(29)14(3)25-37(38,36-16-8-6-15(32-5)7-9-16)33-12-17-19(28)23(4,31)21(35-17)26-11-10-18(27)24-22(26)30/h6-11,13-14,17,19,21,28,31H,12H2,1-5H3,(H,25,38)(H,24,27,30). The minimum atomic E-state index is -3.49. The van der Waals surface area contributed by atoms with E-state index in [0.717, 1.165) is 16.8 Å². The average molecular weight is 574 g/mol. The number of carbonyl (C=O) groups excluding carboxylic acids is 1. The van der Waals surface area contributed by atoms with Crippen molar-refractivity contribution in [3.63, 3.8) is 0 Å². The number of benzene rings is 1. The zero-order chi connectivity index (χ0) is 28.3. The minimum absolute atomic E-state index is 0.323. The van der Waals surface area contributed by atoms with E-state index in [-0.39, 0.29) is 12.7 Å². The van der Waals surface area contributed by atoms with Gasteiger partial charge in [0.25, 0.3) is 5.56 Å². The number of aromatic amines is 1. The van der Waals surface area contributed by atoms with Gasteiger partial charge in [-0.1, -0.05) is 0 Å². The summed E-state index contributed by atoms with van der Waals surface area (Å²) in [5.74, 6) is 0.332. The highest BCUT2D eigenvalue weighted by Crippen LogP contribution is 2.47. The van der Waals surface area contributed by atoms with E-state index in [1.807, 2.05) is 0 Å². The third kappa shape index (κ3) is 7.08. The van der Waals surface area contributed by atoms with E-state index < -0.39 is 53.9 Å². The van der Waals surface area contributed by atoms with Crippen LogP contribution in [0.5, 0.6) is 11.5 Å². The monoisotopic (exact) mass is 573 g/mol. The molecule has 2 heterocycles. The van der Waals surface area contributed by atoms with Crippen molar-refractivity contribution in [1.29, 1.82) is 0 Å². The Morgan fingerprint density at radius 2 is 1.87 bits per heavy atom. The molecule has 1 aliphatic heterocycles. The Hall–Kier alpha value is -2.58. The number of nitrogens with zero attached hydrogens (tertiary/aromatic N) is 1. The van der Waals surface area contributed by atoms with Crippen LogP contribution < -0.4 is 25.6 Å². The fraction of sp³-hybridized carbons (Fsp3) is 0.522. The third-order valence-corrected chi connectivity index (χ3v) is 8.11. The lowest BCUT2D eigenvalue weighted by Gasteiger charge is -2.28. The quantitative estimate of drug-likeness (QED) is 0.221. The molecule has 1 aromatic carbocycles. The highest BCUT2D eigenvalue weighted by atomic mass is 32.5. The zero-order valence-corrected chi connectivity index (χ0v) is 23.2. The van der Waals surface area contributed by atoms with Crippen LogP contribution in [0.2, 0.25) is 0 Å². The molecule has 1 aliphatic rings. The number of ether oxygens (including phenoxy) is 3. The molecule has 13 nitrogen and oxygen atoms in total. The van der Waals surface area contributed by atoms with Gasteiger partial charge in [0, 0.05) is 12.3 Å². The largest absolute Gasteiger partial charge is 0.497 e. The van der Waals surface area contributed by atoms with E-state index in [4.69, 9.17) is 35.1 Å². The van der Waals surface area contributed by atoms with Gasteiger partial charge in [0.2, 0.25) is 0 Å². The van der Waals surface area contributed by atoms with Gasteiger partial charge in [0.1, 0.15) is 35.3 Å². The van der Waals surface area contributed by atoms with Crippen molar-refractivity contribution < 1.29 is 38.3 Å². The van der Waals surface area contributed by atoms with Crippen LogP contribution >= 0.6 is 6.64 Å². The number of aliphatic hydroxyl groups excluding tert-OH is 1. The predicted octanol–water partition coefficient (Wildman–Crippen LogP) is 0.804. The second-order valence-corrected chi connectivity index (χ2v) is 12.2. The Kier molecular flexibility index (Phi) is 9.52. The maximum Gasteiger partial charge on any atom is 0.330 e. The third-order valence-electron chi connectivity index (χ3n) is 5.61. The van der Waals surface area contributed by atoms with Gasteiger partial charge in [-0.3, -0.25) is 19.1 Å². The maximum absolute atomic E-state index is 12.4. The summed E-state index contributed by atoms with van der Waals surface area (Å²) in [6.45, 7) is 2.37. The predicted molar refractivity (Wildman–Crippen MR) is 140 cm³/mol. The van der Waals surface area contributed by atoms with Gasteiger partial charge in [-0.05, 0) is 63.8 Å². The van der Waals surface area contributed by atoms with E-state index in [1.165, 1.54) is 21.0 Å². The first kappa shape index (κ1) is 30.0. The number of esters is 1. The smallest absolute Gasteiger partial charge is 0.330 e. The van der Waals surface area contributed by atoms with Gasteiger partial charge < -0.3 is 33.5 Å². The van der Waals surface area contributed by atoms with Crippen molar-refractivity contribution in [2.24, 2.45) is 0 Å². The van der Waals surface area contributed by atoms with Crippen molar-refractivity contribution in [2.75, 3.05) is 13.7 Å². The minimum Gasteiger partial charge on any atom is -0.497 e. The lowest BCUT2D eigenvalue weighted by atomic mass is 9.96. The number of hydrogen-bond acceptors (Lipinski definition) is 11. The fourth-order valence-electron chi connectivity index (χ4n) is 3.65. The first-order valence-corrected chi connectivity index (χ1v) is 14.3. The molecule has 0 saturated carbocycles. The van der Waals surface area contributed by atoms with Gasteiger partial charge in [0.05, 0.1) is 19.8 Å². The number of rotatable bonds is 11. The first-order valence-electron chi connectivity index (χ1n) is 11.7. The Labute approximate surface area is 223 Å². The van der Waals surface area contributed by atoms with E-state index in [1.54, 1.807) is 38.1 Å². The van der Waals surface area contributed by atoms with E-state index in [9.17, 15) is 24.6 Å². The molecule has 210 valence electrons. The van der Waals surface area contributed by atoms with Crippen LogP contribution in [0.25, 0.3) is 0 Å². The molecule has 0 radical (unpaired) electrons. The van der Waals surface area contributed by atoms with Crippen molar-refractivity contribution in [2.45, 2.75) is 63.9 Å². The summed E-state index contributed by atoms with van der Waals surface area (Å²) in [6, 6.07) is 6.68. The molecular formula is C23H32N3O10PS. The van der Waals surface area contributed by atoms with Gasteiger partial charge in [-0.15, -0.1) is 0 Å². The van der Waals surface area contributed by atoms with Gasteiger partial charge in [-0.2, -0.15) is 0 Å². The number of nitrogens with one attached hydrogen (secondary N) is 2. The molecule has 1 saturated heterocycles. The molecule has 1 fully saturated rings. The van der Waals surface area contributed by atoms with Gasteiger partial charge >= 0.3 is 18.3 Å². The molecule has 0 spiro atoms. The molecule has 15 heteroatoms. The van der Waals surface area contributed by atoms with Crippen molar-refractivity contribution in [1.82, 2.24) is 14.6 Å². The zero-order valence-electron chi connectivity index (χ0n) is 21.5. The molecule has 1 aromatic heterocycles. The molecule has 0 amide bonds. The molecule has 6 atom stereocenters. The van der Waals surface area contributed by atoms with Crippen LogP contribution in [0.3, 0.4) is 0 Å². The molecular weight excluding hydrogens is 541 g/mol. The molecule has 6 unspecified atom stereocenters. The van der Waals surface area contributed by atoms with Crippen LogP contribution in [0.4, 0.5) is 0 Å². The summed E-state index contributed by atoms with van der Waals surface area (Å²) in [5.41, 5.74) is -3.39. The number of aromatic nitrogens is 2. The lowest BCUT2D eigenvalue weighted by molar-refractivity contribution is -0.149. The summed E-state index contributed by atoms with van der Waals surface area (Å²) in [4.78, 5) is 38.2. The summed E-state index contributed by atoms with van der Waals surface area (Å²) in [5, 5.41) is 24.6. The lowest BCUT2D eigenvalue weighted by Crippen LogP contribution is -2.47. The fourth-order valence-corrected chi connectivity index (χ4v) is 6.07. The highest BCUT2D eigenvalue weighted by Gasteiger charge is 2.53. The number of H-pyrrole nitrogens is 1. The maximum atomic E-state index is 12.4. The highest BCUT2D eigenvalue weighted by molar-refractivity contribution is 8.09. The van der Waals surface area contributed by atoms with Crippen LogP contribution in [0, 0.1) is 0 Å². The first-order chi connectivity index (χ1) is 17.8. The van der Waals surface area contributed by atoms with Crippen LogP contribution in [0.15, 0.2) is 46.1 Å². The average Bonchev–Trinajstić information content (AvgIpc) is 3.06. The van der Waals surface area contributed by atoms with Crippen molar-refractivity contribution in [3.8, 4) is 11.5 Å². The number of carbonyl (C=O) groups is 1. The number of hydrogen-bond donors (Lipinski definition) is 4. The van der Waals surface area contributed by atoms with Crippen LogP contribution in [0.1, 0.15) is 33.9 Å². The molecule has 4 N–H and O–H groups in total. The van der Waals surface area contributed by atoms with E-state index in [2.05, 4.69) is 10.1 Å². The summed E-state index contributed by atoms with van der Waals surface area (Å²) >= 11 is 5.66. The molecule has 2 aromatic rings. The second kappa shape index (κ2) is 12.1. The van der Waals surface area contributed by atoms with E-state index in [0.29, 0.717) is 11.5 Å². The Morgan fingerprint density at radius 3 is 2.45 bits per heavy atom. The van der Waals surface area contributed by atoms with Crippen LogP contribution in [-0.2, 0) is 30.6 Å². The van der Waals surface area contributed by atoms with Gasteiger partial charge in [0.15, 0.2) is 6.23 Å². The Balaban J connectivity index is 1.81. The molecule has 0 aliphatic carbocycles. The topological polar surface area (TPSA) is 171 Å². The van der Waals surface area contributed by atoms with E-state index >= 15 is 0 Å². The Bertz CT molecular complexity index is 1280. The number of aliphatic hydroxyl groups is 2. The van der Waals surface area contributed by atoms with Crippen LogP contribution in [-0.4, -0.2) is 69.4 Å². The van der Waals surface area contributed by atoms with Crippen molar-refractivity contribution in [3.05, 3.63) is 57.4 Å².